The molecule has 14 heteroatoms. The van der Waals surface area contributed by atoms with Crippen LogP contribution in [0.3, 0.4) is 0 Å². The third kappa shape index (κ3) is 6.83. The lowest BCUT2D eigenvalue weighted by Crippen LogP contribution is -2.28. The van der Waals surface area contributed by atoms with E-state index in [-0.39, 0.29) is 84.5 Å². The van der Waals surface area contributed by atoms with Crippen molar-refractivity contribution in [3.63, 3.8) is 0 Å². The fraction of sp³-hybridized carbons (Fsp3) is 0.381. The number of ether oxygens (including phenoxy) is 2. The average Bonchev–Trinajstić information content (AvgIpc) is 2.83. The fourth-order valence-corrected chi connectivity index (χ4v) is 5.22. The Labute approximate surface area is 201 Å². The second-order valence-corrected chi connectivity index (χ2v) is 10.7. The Kier molecular flexibility index (Phi) is 9.32. The number of hydrogen-bond donors (Lipinski definition) is 4. The molecule has 0 aliphatic carbocycles. The molecule has 0 atom stereocenters. The van der Waals surface area contributed by atoms with E-state index in [2.05, 4.69) is 9.44 Å². The minimum absolute atomic E-state index is 0.0307. The van der Waals surface area contributed by atoms with Crippen LogP contribution < -0.4 is 14.9 Å². The second-order valence-electron chi connectivity index (χ2n) is 7.21. The summed E-state index contributed by atoms with van der Waals surface area (Å²) >= 11 is 0. The molecule has 0 amide bonds. The summed E-state index contributed by atoms with van der Waals surface area (Å²) in [7, 11) is -7.93. The van der Waals surface area contributed by atoms with Crippen molar-refractivity contribution >= 4 is 42.0 Å². The molecule has 3 rings (SSSR count). The Morgan fingerprint density at radius 3 is 1.54 bits per heavy atom. The predicted molar refractivity (Wildman–Crippen MR) is 126 cm³/mol. The van der Waals surface area contributed by atoms with Crippen LogP contribution in [0.2, 0.25) is 0 Å². The summed E-state index contributed by atoms with van der Waals surface area (Å²) in [5, 5.41) is 17.3. The van der Waals surface area contributed by atoms with Crippen molar-refractivity contribution in [1.29, 1.82) is 0 Å². The van der Waals surface area contributed by atoms with Crippen LogP contribution in [0.1, 0.15) is 0 Å². The molecule has 2 aromatic carbocycles. The number of aliphatic hydroxyl groups excluding tert-OH is 2. The number of benzene rings is 2. The Bertz CT molecular complexity index is 1330. The van der Waals surface area contributed by atoms with Crippen LogP contribution in [0, 0.1) is 0 Å². The molecule has 1 aromatic heterocycles. The highest BCUT2D eigenvalue weighted by atomic mass is 32.2. The Morgan fingerprint density at radius 2 is 1.14 bits per heavy atom. The molecular formula is C21H26N2O10S2. The minimum Gasteiger partial charge on any atom is -0.456 e. The van der Waals surface area contributed by atoms with Crippen LogP contribution in [0.25, 0.3) is 21.9 Å². The molecule has 35 heavy (non-hydrogen) atoms. The van der Waals surface area contributed by atoms with Gasteiger partial charge < -0.3 is 24.1 Å². The van der Waals surface area contributed by atoms with E-state index in [1.807, 2.05) is 0 Å². The third-order valence-corrected chi connectivity index (χ3v) is 7.70. The molecule has 0 bridgehead atoms. The highest BCUT2D eigenvalue weighted by molar-refractivity contribution is 7.89. The number of hydrogen-bond acceptors (Lipinski definition) is 10. The van der Waals surface area contributed by atoms with Crippen LogP contribution in [0.5, 0.6) is 0 Å². The van der Waals surface area contributed by atoms with Crippen molar-refractivity contribution in [1.82, 2.24) is 9.44 Å². The van der Waals surface area contributed by atoms with Gasteiger partial charge in [-0.2, -0.15) is 0 Å². The van der Waals surface area contributed by atoms with E-state index in [0.717, 1.165) is 12.1 Å². The van der Waals surface area contributed by atoms with Gasteiger partial charge in [-0.3, -0.25) is 4.79 Å². The zero-order valence-electron chi connectivity index (χ0n) is 18.6. The molecular weight excluding hydrogens is 504 g/mol. The van der Waals surface area contributed by atoms with E-state index < -0.39 is 25.5 Å². The lowest BCUT2D eigenvalue weighted by atomic mass is 10.1. The number of aliphatic hydroxyl groups is 2. The van der Waals surface area contributed by atoms with Crippen molar-refractivity contribution < 1.29 is 40.9 Å². The Balaban J connectivity index is 1.89. The number of fused-ring (bicyclic) bond motifs is 2. The monoisotopic (exact) mass is 530 g/mol. The summed E-state index contributed by atoms with van der Waals surface area (Å²) in [5.41, 5.74) is -0.308. The zero-order valence-corrected chi connectivity index (χ0v) is 20.2. The average molecular weight is 531 g/mol. The molecule has 3 aromatic rings. The summed E-state index contributed by atoms with van der Waals surface area (Å²) in [6, 6.07) is 7.60. The van der Waals surface area contributed by atoms with Gasteiger partial charge in [-0.1, -0.05) is 0 Å². The van der Waals surface area contributed by atoms with Gasteiger partial charge in [0.1, 0.15) is 11.2 Å². The van der Waals surface area contributed by atoms with Crippen molar-refractivity contribution in [2.75, 3.05) is 52.7 Å². The van der Waals surface area contributed by atoms with Gasteiger partial charge in [0.2, 0.25) is 25.5 Å². The van der Waals surface area contributed by atoms with Gasteiger partial charge in [0.05, 0.1) is 60.2 Å². The highest BCUT2D eigenvalue weighted by Gasteiger charge is 2.19. The van der Waals surface area contributed by atoms with Crippen LogP contribution >= 0.6 is 0 Å². The van der Waals surface area contributed by atoms with Crippen molar-refractivity contribution in [3.8, 4) is 0 Å². The van der Waals surface area contributed by atoms with E-state index in [9.17, 15) is 21.6 Å². The zero-order chi connectivity index (χ0) is 25.5. The van der Waals surface area contributed by atoms with Crippen molar-refractivity contribution in [2.24, 2.45) is 0 Å². The molecule has 1 heterocycles. The molecule has 0 radical (unpaired) electrons. The van der Waals surface area contributed by atoms with Crippen LogP contribution in [-0.2, 0) is 29.5 Å². The number of nitrogens with one attached hydrogen (secondary N) is 2. The third-order valence-electron chi connectivity index (χ3n) is 4.78. The van der Waals surface area contributed by atoms with Gasteiger partial charge in [-0.05, 0) is 36.4 Å². The molecule has 0 spiro atoms. The van der Waals surface area contributed by atoms with Gasteiger partial charge in [0.15, 0.2) is 0 Å². The topological polar surface area (TPSA) is 181 Å². The molecule has 12 nitrogen and oxygen atoms in total. The normalized spacial score (nSPS) is 12.5. The molecule has 192 valence electrons. The lowest BCUT2D eigenvalue weighted by molar-refractivity contribution is 0.0961. The molecule has 0 aliphatic heterocycles. The minimum atomic E-state index is -3.96. The van der Waals surface area contributed by atoms with Crippen molar-refractivity contribution in [3.05, 3.63) is 46.6 Å². The van der Waals surface area contributed by atoms with E-state index in [4.69, 9.17) is 24.1 Å². The first-order chi connectivity index (χ1) is 16.7. The SMILES string of the molecule is O=c1c2cc(S(=O)(=O)NCCOCCO)ccc2oc2ccc(S(=O)(=O)NCCOCCO)cc12. The Morgan fingerprint density at radius 1 is 0.714 bits per heavy atom. The standard InChI is InChI=1S/C21H26N2O10S2/c24-7-11-31-9-5-22-34(27,28)15-1-3-19-17(13-15)21(26)18-14-16(2-4-20(18)33-19)35(29,30)23-6-10-32-12-8-25/h1-4,13-14,22-25H,5-12H2. The summed E-state index contributed by atoms with van der Waals surface area (Å²) in [6.45, 7) is -0.165. The summed E-state index contributed by atoms with van der Waals surface area (Å²) < 4.78 is 70.7. The van der Waals surface area contributed by atoms with Crippen molar-refractivity contribution in [2.45, 2.75) is 9.79 Å². The maximum Gasteiger partial charge on any atom is 0.240 e. The van der Waals surface area contributed by atoms with Gasteiger partial charge in [-0.15, -0.1) is 0 Å². The summed E-state index contributed by atoms with van der Waals surface area (Å²) in [4.78, 5) is 12.8. The first kappa shape index (κ1) is 27.2. The molecule has 0 aliphatic rings. The van der Waals surface area contributed by atoms with Crippen LogP contribution in [0.15, 0.2) is 55.4 Å². The van der Waals surface area contributed by atoms with Gasteiger partial charge in [0, 0.05) is 13.1 Å². The molecule has 0 saturated carbocycles. The number of sulfonamides is 2. The van der Waals surface area contributed by atoms with E-state index in [1.165, 1.54) is 24.3 Å². The van der Waals surface area contributed by atoms with E-state index in [0.29, 0.717) is 0 Å². The molecule has 0 fully saturated rings. The maximum absolute atomic E-state index is 13.1. The quantitative estimate of drug-likeness (QED) is 0.157. The van der Waals surface area contributed by atoms with Crippen LogP contribution in [0.4, 0.5) is 0 Å². The predicted octanol–water partition coefficient (Wildman–Crippen LogP) is -0.479. The summed E-state index contributed by atoms with van der Waals surface area (Å²) in [5.74, 6) is 0. The first-order valence-electron chi connectivity index (χ1n) is 10.6. The smallest absolute Gasteiger partial charge is 0.240 e. The molecule has 0 unspecified atom stereocenters. The molecule has 4 N–H and O–H groups in total. The number of rotatable bonds is 14. The van der Waals surface area contributed by atoms with Crippen LogP contribution in [-0.4, -0.2) is 79.8 Å². The van der Waals surface area contributed by atoms with E-state index in [1.54, 1.807) is 0 Å². The fourth-order valence-electron chi connectivity index (χ4n) is 3.15. The summed E-state index contributed by atoms with van der Waals surface area (Å²) in [6.07, 6.45) is 0. The largest absolute Gasteiger partial charge is 0.456 e. The Hall–Kier alpha value is -2.43. The maximum atomic E-state index is 13.1. The molecule has 0 saturated heterocycles. The van der Waals surface area contributed by atoms with E-state index >= 15 is 0 Å². The van der Waals surface area contributed by atoms with Gasteiger partial charge in [-0.25, -0.2) is 26.3 Å². The lowest BCUT2D eigenvalue weighted by Gasteiger charge is -2.09. The highest BCUT2D eigenvalue weighted by Crippen LogP contribution is 2.23. The van der Waals surface area contributed by atoms with Gasteiger partial charge >= 0.3 is 0 Å². The first-order valence-corrected chi connectivity index (χ1v) is 13.5. The van der Waals surface area contributed by atoms with Gasteiger partial charge in [0.25, 0.3) is 0 Å². The second kappa shape index (κ2) is 12.0.